The SMILES string of the molecule is COc1ccc(-c2c(C)sc(N3C(=O)c4ccc(C(=O)N[C@@H](CO)C(O)O)cc4C3=O)c2C#N)cc1. The van der Waals surface area contributed by atoms with Crippen molar-refractivity contribution in [3.8, 4) is 22.9 Å². The number of rotatable bonds is 7. The lowest BCUT2D eigenvalue weighted by atomic mass is 10.0. The van der Waals surface area contributed by atoms with Crippen LogP contribution in [0.1, 0.15) is 41.5 Å². The van der Waals surface area contributed by atoms with Gasteiger partial charge in [0.15, 0.2) is 6.29 Å². The number of nitriles is 1. The highest BCUT2D eigenvalue weighted by molar-refractivity contribution is 7.17. The summed E-state index contributed by atoms with van der Waals surface area (Å²) in [5.74, 6) is -1.44. The molecule has 0 aliphatic carbocycles. The second-order valence-corrected chi connectivity index (χ2v) is 9.14. The Balaban J connectivity index is 1.70. The van der Waals surface area contributed by atoms with E-state index in [0.717, 1.165) is 26.7 Å². The van der Waals surface area contributed by atoms with E-state index < -0.39 is 36.7 Å². The summed E-state index contributed by atoms with van der Waals surface area (Å²) >= 11 is 1.14. The second-order valence-electron chi connectivity index (χ2n) is 7.94. The lowest BCUT2D eigenvalue weighted by Gasteiger charge is -2.17. The average molecular weight is 508 g/mol. The average Bonchev–Trinajstić information content (AvgIpc) is 3.33. The number of imide groups is 1. The van der Waals surface area contributed by atoms with Crippen molar-refractivity contribution in [1.82, 2.24) is 5.32 Å². The zero-order chi connectivity index (χ0) is 26.1. The first-order chi connectivity index (χ1) is 17.2. The van der Waals surface area contributed by atoms with Crippen LogP contribution in [-0.4, -0.2) is 59.1 Å². The molecule has 3 aromatic rings. The topological polar surface area (TPSA) is 160 Å². The fourth-order valence-electron chi connectivity index (χ4n) is 3.93. The maximum Gasteiger partial charge on any atom is 0.266 e. The Hall–Kier alpha value is -4.08. The predicted octanol–water partition coefficient (Wildman–Crippen LogP) is 1.81. The molecule has 11 heteroatoms. The van der Waals surface area contributed by atoms with Gasteiger partial charge < -0.3 is 25.4 Å². The normalized spacial score (nSPS) is 13.5. The van der Waals surface area contributed by atoms with Crippen LogP contribution in [0.3, 0.4) is 0 Å². The molecular weight excluding hydrogens is 486 g/mol. The fourth-order valence-corrected chi connectivity index (χ4v) is 5.05. The van der Waals surface area contributed by atoms with Crippen LogP contribution in [0.25, 0.3) is 11.1 Å². The molecular formula is C25H21N3O7S. The molecule has 4 rings (SSSR count). The Kier molecular flexibility index (Phi) is 6.87. The van der Waals surface area contributed by atoms with E-state index >= 15 is 0 Å². The Morgan fingerprint density at radius 1 is 1.14 bits per heavy atom. The molecule has 0 radical (unpaired) electrons. The highest BCUT2D eigenvalue weighted by Crippen LogP contribution is 2.44. The van der Waals surface area contributed by atoms with Crippen molar-refractivity contribution >= 4 is 34.1 Å². The number of aryl methyl sites for hydroxylation is 1. The molecule has 1 aliphatic heterocycles. The summed E-state index contributed by atoms with van der Waals surface area (Å²) in [4.78, 5) is 40.7. The zero-order valence-corrected chi connectivity index (χ0v) is 20.0. The molecule has 1 aromatic heterocycles. The van der Waals surface area contributed by atoms with Gasteiger partial charge in [-0.2, -0.15) is 5.26 Å². The van der Waals surface area contributed by atoms with E-state index in [0.29, 0.717) is 11.3 Å². The molecule has 10 nitrogen and oxygen atoms in total. The van der Waals surface area contributed by atoms with E-state index in [1.54, 1.807) is 38.3 Å². The summed E-state index contributed by atoms with van der Waals surface area (Å²) in [5, 5.41) is 40.0. The summed E-state index contributed by atoms with van der Waals surface area (Å²) in [7, 11) is 1.54. The molecule has 3 amide bonds. The third-order valence-corrected chi connectivity index (χ3v) is 6.87. The van der Waals surface area contributed by atoms with E-state index in [-0.39, 0.29) is 27.3 Å². The molecule has 0 saturated carbocycles. The van der Waals surface area contributed by atoms with Crippen LogP contribution in [-0.2, 0) is 0 Å². The van der Waals surface area contributed by atoms with E-state index in [1.807, 2.05) is 0 Å². The van der Waals surface area contributed by atoms with E-state index in [4.69, 9.17) is 4.74 Å². The number of anilines is 1. The molecule has 1 atom stereocenters. The van der Waals surface area contributed by atoms with Gasteiger partial charge in [-0.05, 0) is 42.8 Å². The van der Waals surface area contributed by atoms with Gasteiger partial charge in [0, 0.05) is 16.0 Å². The number of benzene rings is 2. The first-order valence-corrected chi connectivity index (χ1v) is 11.5. The maximum atomic E-state index is 13.3. The Bertz CT molecular complexity index is 1410. The summed E-state index contributed by atoms with van der Waals surface area (Å²) in [6, 6.07) is 11.7. The largest absolute Gasteiger partial charge is 0.497 e. The van der Waals surface area contributed by atoms with Crippen molar-refractivity contribution in [1.29, 1.82) is 5.26 Å². The Morgan fingerprint density at radius 2 is 1.81 bits per heavy atom. The lowest BCUT2D eigenvalue weighted by Crippen LogP contribution is -2.45. The van der Waals surface area contributed by atoms with E-state index in [2.05, 4.69) is 11.4 Å². The van der Waals surface area contributed by atoms with Gasteiger partial charge in [0.05, 0.1) is 30.4 Å². The third kappa shape index (κ3) is 4.23. The van der Waals surface area contributed by atoms with Gasteiger partial charge in [-0.25, -0.2) is 4.90 Å². The number of methoxy groups -OCH3 is 1. The molecule has 0 saturated heterocycles. The number of fused-ring (bicyclic) bond motifs is 1. The van der Waals surface area contributed by atoms with Crippen molar-refractivity contribution in [2.24, 2.45) is 0 Å². The smallest absolute Gasteiger partial charge is 0.266 e. The molecule has 184 valence electrons. The highest BCUT2D eigenvalue weighted by Gasteiger charge is 2.40. The maximum absolute atomic E-state index is 13.3. The second kappa shape index (κ2) is 9.88. The van der Waals surface area contributed by atoms with Crippen molar-refractivity contribution in [3.05, 3.63) is 69.6 Å². The van der Waals surface area contributed by atoms with Crippen LogP contribution in [0.2, 0.25) is 0 Å². The van der Waals surface area contributed by atoms with Gasteiger partial charge in [-0.3, -0.25) is 14.4 Å². The van der Waals surface area contributed by atoms with Crippen LogP contribution in [0.5, 0.6) is 5.75 Å². The molecule has 0 fully saturated rings. The fraction of sp³-hybridized carbons (Fsp3) is 0.200. The molecule has 0 bridgehead atoms. The number of amides is 3. The molecule has 2 aromatic carbocycles. The quantitative estimate of drug-likeness (QED) is 0.278. The number of ether oxygens (including phenoxy) is 1. The summed E-state index contributed by atoms with van der Waals surface area (Å²) < 4.78 is 5.18. The molecule has 1 aliphatic rings. The van der Waals surface area contributed by atoms with E-state index in [1.165, 1.54) is 18.2 Å². The first-order valence-electron chi connectivity index (χ1n) is 10.7. The minimum absolute atomic E-state index is 0.0161. The molecule has 0 unspecified atom stereocenters. The number of carbonyl (C=O) groups is 3. The number of thiophene rings is 1. The van der Waals surface area contributed by atoms with Crippen LogP contribution in [0, 0.1) is 18.3 Å². The minimum Gasteiger partial charge on any atom is -0.497 e. The monoisotopic (exact) mass is 507 g/mol. The molecule has 0 spiro atoms. The van der Waals surface area contributed by atoms with Crippen LogP contribution in [0.4, 0.5) is 5.00 Å². The van der Waals surface area contributed by atoms with E-state index in [9.17, 15) is 35.0 Å². The van der Waals surface area contributed by atoms with Gasteiger partial charge in [0.1, 0.15) is 22.9 Å². The number of nitrogens with zero attached hydrogens (tertiary/aromatic N) is 2. The zero-order valence-electron chi connectivity index (χ0n) is 19.2. The van der Waals surface area contributed by atoms with Crippen LogP contribution in [0.15, 0.2) is 42.5 Å². The predicted molar refractivity (Wildman–Crippen MR) is 130 cm³/mol. The number of nitrogens with one attached hydrogen (secondary N) is 1. The van der Waals surface area contributed by atoms with Gasteiger partial charge in [-0.1, -0.05) is 12.1 Å². The van der Waals surface area contributed by atoms with Gasteiger partial charge in [0.2, 0.25) is 0 Å². The summed E-state index contributed by atoms with van der Waals surface area (Å²) in [6.45, 7) is 1.08. The van der Waals surface area contributed by atoms with Crippen molar-refractivity contribution in [2.75, 3.05) is 18.6 Å². The number of hydrogen-bond donors (Lipinski definition) is 4. The van der Waals surface area contributed by atoms with Gasteiger partial charge in [0.25, 0.3) is 17.7 Å². The number of aliphatic hydroxyl groups excluding tert-OH is 2. The number of hydrogen-bond acceptors (Lipinski definition) is 9. The summed E-state index contributed by atoms with van der Waals surface area (Å²) in [6.07, 6.45) is -1.99. The van der Waals surface area contributed by atoms with Crippen molar-refractivity contribution in [3.63, 3.8) is 0 Å². The molecule has 4 N–H and O–H groups in total. The minimum atomic E-state index is -1.99. The number of aliphatic hydroxyl groups is 3. The third-order valence-electron chi connectivity index (χ3n) is 5.78. The first kappa shape index (κ1) is 25.0. The van der Waals surface area contributed by atoms with Gasteiger partial charge >= 0.3 is 0 Å². The van der Waals surface area contributed by atoms with Crippen LogP contribution >= 0.6 is 11.3 Å². The Labute approximate surface area is 209 Å². The van der Waals surface area contributed by atoms with Gasteiger partial charge in [-0.15, -0.1) is 11.3 Å². The molecule has 36 heavy (non-hydrogen) atoms. The van der Waals surface area contributed by atoms with Crippen molar-refractivity contribution in [2.45, 2.75) is 19.3 Å². The molecule has 2 heterocycles. The lowest BCUT2D eigenvalue weighted by molar-refractivity contribution is -0.0755. The Morgan fingerprint density at radius 3 is 2.39 bits per heavy atom. The standard InChI is InChI=1S/C25H21N3O7S/c1-12-20(13-3-6-15(35-2)7-4-13)18(10-26)24(36-12)28-22(31)16-8-5-14(9-17(16)23(28)32)21(30)27-19(11-29)25(33)34/h3-9,19,25,29,33-34H,11H2,1-2H3,(H,27,30)/t19-/m0/s1. The summed E-state index contributed by atoms with van der Waals surface area (Å²) in [5.41, 5.74) is 1.54. The van der Waals surface area contributed by atoms with Crippen molar-refractivity contribution < 1.29 is 34.4 Å². The highest BCUT2D eigenvalue weighted by atomic mass is 32.1. The number of carbonyl (C=O) groups excluding carboxylic acids is 3. The van der Waals surface area contributed by atoms with Crippen LogP contribution < -0.4 is 15.0 Å².